The first-order valence-electron chi connectivity index (χ1n) is 13.7. The Hall–Kier alpha value is -6.17. The molecule has 0 atom stereocenters. The summed E-state index contributed by atoms with van der Waals surface area (Å²) in [6.07, 6.45) is 1.13. The molecule has 0 unspecified atom stereocenters. The van der Waals surface area contributed by atoms with Crippen LogP contribution in [0.2, 0.25) is 0 Å². The van der Waals surface area contributed by atoms with Gasteiger partial charge in [-0.1, -0.05) is 6.07 Å². The molecule has 2 heterocycles. The third kappa shape index (κ3) is 7.25. The normalized spacial score (nSPS) is 10.9. The molecule has 1 amide bonds. The van der Waals surface area contributed by atoms with Gasteiger partial charge in [-0.3, -0.25) is 14.9 Å². The molecule has 0 saturated heterocycles. The van der Waals surface area contributed by atoms with Gasteiger partial charge in [0.25, 0.3) is 5.69 Å². The standard InChI is InChI=1S/C33H28N4O8/c1-21-7-8-22(2)36(21)25-9-12-27(13-10-25)43-20-29-14-16-31(44-29)32(38)35-34-19-24-17-26(37(40)41)11-15-30(24)45-33(39)23-5-4-6-28(18-23)42-3/h4-19H,20H2,1-3H3,(H,35,38)/b34-19+. The lowest BCUT2D eigenvalue weighted by Crippen LogP contribution is -2.17. The monoisotopic (exact) mass is 608 g/mol. The minimum atomic E-state index is -0.714. The third-order valence-corrected chi connectivity index (χ3v) is 6.71. The summed E-state index contributed by atoms with van der Waals surface area (Å²) < 4.78 is 24.1. The molecular formula is C33H28N4O8. The average Bonchev–Trinajstić information content (AvgIpc) is 3.66. The maximum atomic E-state index is 12.7. The zero-order valence-corrected chi connectivity index (χ0v) is 24.6. The van der Waals surface area contributed by atoms with Crippen molar-refractivity contribution in [3.8, 4) is 22.9 Å². The van der Waals surface area contributed by atoms with Crippen LogP contribution in [-0.2, 0) is 6.61 Å². The van der Waals surface area contributed by atoms with Crippen molar-refractivity contribution in [2.24, 2.45) is 5.10 Å². The summed E-state index contributed by atoms with van der Waals surface area (Å²) in [6, 6.07) is 24.8. The van der Waals surface area contributed by atoms with Crippen LogP contribution in [0.15, 0.2) is 101 Å². The highest BCUT2D eigenvalue weighted by Crippen LogP contribution is 2.25. The van der Waals surface area contributed by atoms with Gasteiger partial charge in [0.1, 0.15) is 29.6 Å². The molecule has 0 aliphatic rings. The van der Waals surface area contributed by atoms with Crippen LogP contribution in [0.3, 0.4) is 0 Å². The van der Waals surface area contributed by atoms with Crippen LogP contribution in [0.25, 0.3) is 5.69 Å². The number of methoxy groups -OCH3 is 1. The molecule has 0 radical (unpaired) electrons. The molecule has 0 spiro atoms. The number of benzene rings is 3. The van der Waals surface area contributed by atoms with E-state index < -0.39 is 16.8 Å². The molecule has 0 fully saturated rings. The van der Waals surface area contributed by atoms with Gasteiger partial charge in [0.05, 0.1) is 23.8 Å². The van der Waals surface area contributed by atoms with Crippen molar-refractivity contribution in [1.82, 2.24) is 9.99 Å². The van der Waals surface area contributed by atoms with Crippen LogP contribution in [0, 0.1) is 24.0 Å². The summed E-state index contributed by atoms with van der Waals surface area (Å²) in [4.78, 5) is 36.1. The minimum Gasteiger partial charge on any atom is -0.497 e. The first kappa shape index (κ1) is 30.3. The van der Waals surface area contributed by atoms with Gasteiger partial charge in [-0.05, 0) is 86.6 Å². The predicted molar refractivity (Wildman–Crippen MR) is 164 cm³/mol. The lowest BCUT2D eigenvalue weighted by molar-refractivity contribution is -0.384. The van der Waals surface area contributed by atoms with Crippen LogP contribution in [0.1, 0.15) is 43.6 Å². The molecule has 0 aliphatic heterocycles. The summed E-state index contributed by atoms with van der Waals surface area (Å²) in [5, 5.41) is 15.2. The van der Waals surface area contributed by atoms with E-state index in [9.17, 15) is 19.7 Å². The molecule has 12 heteroatoms. The molecule has 1 N–H and O–H groups in total. The number of hydrazone groups is 1. The van der Waals surface area contributed by atoms with Gasteiger partial charge in [-0.25, -0.2) is 10.2 Å². The summed E-state index contributed by atoms with van der Waals surface area (Å²) in [5.41, 5.74) is 5.62. The average molecular weight is 609 g/mol. The van der Waals surface area contributed by atoms with Crippen LogP contribution in [0.4, 0.5) is 5.69 Å². The largest absolute Gasteiger partial charge is 0.497 e. The van der Waals surface area contributed by atoms with Crippen LogP contribution < -0.4 is 19.6 Å². The third-order valence-electron chi connectivity index (χ3n) is 6.71. The highest BCUT2D eigenvalue weighted by Gasteiger charge is 2.16. The molecule has 5 rings (SSSR count). The van der Waals surface area contributed by atoms with Gasteiger partial charge in [0.15, 0.2) is 5.76 Å². The predicted octanol–water partition coefficient (Wildman–Crippen LogP) is 6.17. The molecule has 12 nitrogen and oxygen atoms in total. The number of hydrogen-bond acceptors (Lipinski definition) is 9. The number of carbonyl (C=O) groups is 2. The van der Waals surface area contributed by atoms with Gasteiger partial charge in [-0.2, -0.15) is 5.10 Å². The molecular weight excluding hydrogens is 580 g/mol. The summed E-state index contributed by atoms with van der Waals surface area (Å²) in [7, 11) is 1.47. The van der Waals surface area contributed by atoms with Crippen molar-refractivity contribution < 1.29 is 33.1 Å². The Balaban J connectivity index is 1.21. The number of nitrogens with one attached hydrogen (secondary N) is 1. The number of carbonyl (C=O) groups excluding carboxylic acids is 2. The summed E-state index contributed by atoms with van der Waals surface area (Å²) in [5.74, 6) is 0.0916. The number of nitro groups is 1. The van der Waals surface area contributed by atoms with Crippen molar-refractivity contribution in [3.63, 3.8) is 0 Å². The number of furan rings is 1. The van der Waals surface area contributed by atoms with Gasteiger partial charge < -0.3 is 23.2 Å². The number of aromatic nitrogens is 1. The second-order valence-electron chi connectivity index (χ2n) is 9.80. The number of hydrogen-bond donors (Lipinski definition) is 1. The van der Waals surface area contributed by atoms with Crippen molar-refractivity contribution in [2.75, 3.05) is 7.11 Å². The Bertz CT molecular complexity index is 1870. The maximum Gasteiger partial charge on any atom is 0.343 e. The van der Waals surface area contributed by atoms with Gasteiger partial charge in [0.2, 0.25) is 0 Å². The molecule has 0 aliphatic carbocycles. The Morgan fingerprint density at radius 1 is 0.956 bits per heavy atom. The van der Waals surface area contributed by atoms with E-state index >= 15 is 0 Å². The van der Waals surface area contributed by atoms with Crippen LogP contribution in [-0.4, -0.2) is 34.7 Å². The second kappa shape index (κ2) is 13.4. The number of nitrogens with zero attached hydrogens (tertiary/aromatic N) is 3. The number of ether oxygens (including phenoxy) is 3. The van der Waals surface area contributed by atoms with Crippen molar-refractivity contribution >= 4 is 23.8 Å². The Labute approximate surface area is 257 Å². The molecule has 45 heavy (non-hydrogen) atoms. The van der Waals surface area contributed by atoms with Gasteiger partial charge in [0, 0.05) is 34.8 Å². The SMILES string of the molecule is COc1cccc(C(=O)Oc2ccc([N+](=O)[O-])cc2/C=N/NC(=O)c2ccc(COc3ccc(-n4c(C)ccc4C)cc3)o2)c1. The topological polar surface area (TPSA) is 147 Å². The zero-order valence-electron chi connectivity index (χ0n) is 24.6. The number of aryl methyl sites for hydroxylation is 2. The number of amides is 1. The van der Waals surface area contributed by atoms with Gasteiger partial charge in [-0.15, -0.1) is 0 Å². The van der Waals surface area contributed by atoms with Gasteiger partial charge >= 0.3 is 11.9 Å². The molecule has 228 valence electrons. The van der Waals surface area contributed by atoms with E-state index in [4.69, 9.17) is 18.6 Å². The fourth-order valence-electron chi connectivity index (χ4n) is 4.47. The van der Waals surface area contributed by atoms with E-state index in [1.807, 2.05) is 38.1 Å². The molecule has 3 aromatic carbocycles. The van der Waals surface area contributed by atoms with E-state index in [-0.39, 0.29) is 34.9 Å². The minimum absolute atomic E-state index is 0.00415. The smallest absolute Gasteiger partial charge is 0.343 e. The quantitative estimate of drug-likeness (QED) is 0.0616. The first-order valence-corrected chi connectivity index (χ1v) is 13.7. The zero-order chi connectivity index (χ0) is 31.9. The maximum absolute atomic E-state index is 12.7. The van der Waals surface area contributed by atoms with E-state index in [1.54, 1.807) is 18.2 Å². The molecule has 0 saturated carbocycles. The molecule has 0 bridgehead atoms. The van der Waals surface area contributed by atoms with Crippen LogP contribution in [0.5, 0.6) is 17.2 Å². The first-order chi connectivity index (χ1) is 21.7. The Morgan fingerprint density at radius 3 is 2.42 bits per heavy atom. The molecule has 5 aromatic rings. The number of nitro benzene ring substituents is 1. The van der Waals surface area contributed by atoms with E-state index in [2.05, 4.69) is 27.2 Å². The van der Waals surface area contributed by atoms with E-state index in [1.165, 1.54) is 43.5 Å². The second-order valence-corrected chi connectivity index (χ2v) is 9.80. The van der Waals surface area contributed by atoms with E-state index in [0.717, 1.165) is 23.3 Å². The fraction of sp³-hybridized carbons (Fsp3) is 0.121. The van der Waals surface area contributed by atoms with Crippen molar-refractivity contribution in [2.45, 2.75) is 20.5 Å². The Morgan fingerprint density at radius 2 is 1.71 bits per heavy atom. The van der Waals surface area contributed by atoms with Crippen LogP contribution >= 0.6 is 0 Å². The van der Waals surface area contributed by atoms with E-state index in [0.29, 0.717) is 17.3 Å². The highest BCUT2D eigenvalue weighted by atomic mass is 16.6. The molecule has 2 aromatic heterocycles. The fourth-order valence-corrected chi connectivity index (χ4v) is 4.47. The lowest BCUT2D eigenvalue weighted by atomic mass is 10.2. The number of esters is 1. The lowest BCUT2D eigenvalue weighted by Gasteiger charge is -2.10. The number of non-ortho nitro benzene ring substituents is 1. The van der Waals surface area contributed by atoms with Crippen molar-refractivity contribution in [1.29, 1.82) is 0 Å². The number of rotatable bonds is 11. The van der Waals surface area contributed by atoms with Crippen molar-refractivity contribution in [3.05, 3.63) is 135 Å². The summed E-state index contributed by atoms with van der Waals surface area (Å²) >= 11 is 0. The highest BCUT2D eigenvalue weighted by molar-refractivity contribution is 5.95. The Kier molecular flexibility index (Phi) is 9.04. The summed E-state index contributed by atoms with van der Waals surface area (Å²) in [6.45, 7) is 4.17.